The van der Waals surface area contributed by atoms with Gasteiger partial charge < -0.3 is 5.73 Å². The summed E-state index contributed by atoms with van der Waals surface area (Å²) in [6, 6.07) is 10.3. The van der Waals surface area contributed by atoms with Crippen molar-refractivity contribution >= 4 is 11.8 Å². The average Bonchev–Trinajstić information content (AvgIpc) is 2.02. The van der Waals surface area contributed by atoms with Crippen molar-refractivity contribution in [2.75, 3.05) is 5.75 Å². The van der Waals surface area contributed by atoms with Crippen molar-refractivity contribution < 1.29 is 0 Å². The summed E-state index contributed by atoms with van der Waals surface area (Å²) in [5.74, 6) is 0.955. The Bertz CT molecular complexity index is 225. The minimum Gasteiger partial charge on any atom is -0.325 e. The second kappa shape index (κ2) is 3.97. The second-order valence-electron chi connectivity index (χ2n) is 3.59. The molecule has 0 unspecified atom stereocenters. The Labute approximate surface area is 78.4 Å². The molecule has 0 radical (unpaired) electrons. The number of rotatable bonds is 3. The van der Waals surface area contributed by atoms with Crippen LogP contribution in [0.25, 0.3) is 0 Å². The van der Waals surface area contributed by atoms with Gasteiger partial charge in [-0.25, -0.2) is 0 Å². The van der Waals surface area contributed by atoms with E-state index in [1.165, 1.54) is 4.90 Å². The molecule has 0 saturated heterocycles. The lowest BCUT2D eigenvalue weighted by Crippen LogP contribution is -2.34. The zero-order valence-corrected chi connectivity index (χ0v) is 8.40. The van der Waals surface area contributed by atoms with Gasteiger partial charge in [-0.05, 0) is 26.0 Å². The van der Waals surface area contributed by atoms with E-state index in [9.17, 15) is 0 Å². The van der Waals surface area contributed by atoms with Gasteiger partial charge in [-0.15, -0.1) is 11.8 Å². The summed E-state index contributed by atoms with van der Waals surface area (Å²) in [4.78, 5) is 1.29. The normalized spacial score (nSPS) is 11.6. The highest BCUT2D eigenvalue weighted by atomic mass is 32.2. The number of thioether (sulfide) groups is 1. The molecule has 0 saturated carbocycles. The van der Waals surface area contributed by atoms with Gasteiger partial charge in [-0.1, -0.05) is 18.2 Å². The van der Waals surface area contributed by atoms with E-state index >= 15 is 0 Å². The van der Waals surface area contributed by atoms with E-state index in [4.69, 9.17) is 5.73 Å². The third-order valence-electron chi connectivity index (χ3n) is 1.35. The summed E-state index contributed by atoms with van der Waals surface area (Å²) < 4.78 is 0. The SMILES string of the molecule is CC(C)(N)CSc1ccccc1. The fourth-order valence-electron chi connectivity index (χ4n) is 0.786. The van der Waals surface area contributed by atoms with Crippen molar-refractivity contribution in [1.29, 1.82) is 0 Å². The zero-order chi connectivity index (χ0) is 9.03. The summed E-state index contributed by atoms with van der Waals surface area (Å²) in [6.07, 6.45) is 0. The first-order chi connectivity index (χ1) is 5.58. The summed E-state index contributed by atoms with van der Waals surface area (Å²) in [5, 5.41) is 0. The highest BCUT2D eigenvalue weighted by Crippen LogP contribution is 2.20. The molecule has 0 fully saturated rings. The van der Waals surface area contributed by atoms with Crippen LogP contribution in [0.4, 0.5) is 0 Å². The van der Waals surface area contributed by atoms with Crippen LogP contribution in [-0.2, 0) is 0 Å². The van der Waals surface area contributed by atoms with E-state index in [0.29, 0.717) is 0 Å². The Morgan fingerprint density at radius 1 is 1.25 bits per heavy atom. The minimum atomic E-state index is -0.0828. The molecule has 0 aliphatic heterocycles. The molecule has 1 aromatic carbocycles. The van der Waals surface area contributed by atoms with Crippen LogP contribution in [0.3, 0.4) is 0 Å². The molecule has 0 spiro atoms. The lowest BCUT2D eigenvalue weighted by molar-refractivity contribution is 0.591. The van der Waals surface area contributed by atoms with E-state index in [0.717, 1.165) is 5.75 Å². The Balaban J connectivity index is 2.44. The van der Waals surface area contributed by atoms with Crippen LogP contribution in [-0.4, -0.2) is 11.3 Å². The van der Waals surface area contributed by atoms with E-state index in [1.807, 2.05) is 32.0 Å². The Kier molecular flexibility index (Phi) is 3.18. The lowest BCUT2D eigenvalue weighted by atomic mass is 10.1. The molecule has 0 aliphatic rings. The van der Waals surface area contributed by atoms with Gasteiger partial charge in [0, 0.05) is 16.2 Å². The molecule has 0 atom stereocenters. The fourth-order valence-corrected chi connectivity index (χ4v) is 1.67. The topological polar surface area (TPSA) is 26.0 Å². The lowest BCUT2D eigenvalue weighted by Gasteiger charge is -2.17. The second-order valence-corrected chi connectivity index (χ2v) is 4.64. The van der Waals surface area contributed by atoms with Gasteiger partial charge in [0.2, 0.25) is 0 Å². The monoisotopic (exact) mass is 181 g/mol. The maximum absolute atomic E-state index is 5.86. The highest BCUT2D eigenvalue weighted by Gasteiger charge is 2.10. The smallest absolute Gasteiger partial charge is 0.0192 e. The van der Waals surface area contributed by atoms with Gasteiger partial charge in [-0.2, -0.15) is 0 Å². The molecular formula is C10H15NS. The molecule has 1 nitrogen and oxygen atoms in total. The van der Waals surface area contributed by atoms with Crippen molar-refractivity contribution in [1.82, 2.24) is 0 Å². The van der Waals surface area contributed by atoms with E-state index in [1.54, 1.807) is 11.8 Å². The molecule has 12 heavy (non-hydrogen) atoms. The van der Waals surface area contributed by atoms with Crippen molar-refractivity contribution in [3.8, 4) is 0 Å². The maximum atomic E-state index is 5.86. The predicted octanol–water partition coefficient (Wildman–Crippen LogP) is 2.52. The molecule has 0 heterocycles. The van der Waals surface area contributed by atoms with Crippen LogP contribution < -0.4 is 5.73 Å². The van der Waals surface area contributed by atoms with E-state index in [-0.39, 0.29) is 5.54 Å². The minimum absolute atomic E-state index is 0.0828. The molecule has 1 rings (SSSR count). The van der Waals surface area contributed by atoms with Crippen molar-refractivity contribution in [2.45, 2.75) is 24.3 Å². The first kappa shape index (κ1) is 9.62. The molecular weight excluding hydrogens is 166 g/mol. The molecule has 2 N–H and O–H groups in total. The largest absolute Gasteiger partial charge is 0.325 e. The fraction of sp³-hybridized carbons (Fsp3) is 0.400. The molecule has 2 heteroatoms. The number of hydrogen-bond donors (Lipinski definition) is 1. The van der Waals surface area contributed by atoms with Gasteiger partial charge in [0.25, 0.3) is 0 Å². The van der Waals surface area contributed by atoms with Crippen molar-refractivity contribution in [3.05, 3.63) is 30.3 Å². The van der Waals surface area contributed by atoms with Crippen LogP contribution >= 0.6 is 11.8 Å². The zero-order valence-electron chi connectivity index (χ0n) is 7.58. The molecule has 1 aromatic rings. The van der Waals surface area contributed by atoms with E-state index < -0.39 is 0 Å². The number of hydrogen-bond acceptors (Lipinski definition) is 2. The maximum Gasteiger partial charge on any atom is 0.0192 e. The molecule has 0 aliphatic carbocycles. The van der Waals surface area contributed by atoms with Crippen LogP contribution in [0.15, 0.2) is 35.2 Å². The van der Waals surface area contributed by atoms with Crippen LogP contribution in [0.2, 0.25) is 0 Å². The summed E-state index contributed by atoms with van der Waals surface area (Å²) >= 11 is 1.80. The van der Waals surface area contributed by atoms with Crippen molar-refractivity contribution in [3.63, 3.8) is 0 Å². The first-order valence-corrected chi connectivity index (χ1v) is 5.03. The standard InChI is InChI=1S/C10H15NS/c1-10(2,11)8-12-9-6-4-3-5-7-9/h3-7H,8,11H2,1-2H3. The van der Waals surface area contributed by atoms with Gasteiger partial charge in [0.1, 0.15) is 0 Å². The number of nitrogens with two attached hydrogens (primary N) is 1. The third kappa shape index (κ3) is 3.79. The van der Waals surface area contributed by atoms with Crippen LogP contribution in [0, 0.1) is 0 Å². The molecule has 66 valence electrons. The van der Waals surface area contributed by atoms with Gasteiger partial charge in [-0.3, -0.25) is 0 Å². The molecule has 0 bridgehead atoms. The summed E-state index contributed by atoms with van der Waals surface area (Å²) in [5.41, 5.74) is 5.78. The van der Waals surface area contributed by atoms with Crippen LogP contribution in [0.5, 0.6) is 0 Å². The van der Waals surface area contributed by atoms with Gasteiger partial charge >= 0.3 is 0 Å². The number of benzene rings is 1. The van der Waals surface area contributed by atoms with Gasteiger partial charge in [0.15, 0.2) is 0 Å². The Morgan fingerprint density at radius 2 is 1.83 bits per heavy atom. The first-order valence-electron chi connectivity index (χ1n) is 4.05. The third-order valence-corrected chi connectivity index (χ3v) is 2.85. The quantitative estimate of drug-likeness (QED) is 0.725. The summed E-state index contributed by atoms with van der Waals surface area (Å²) in [7, 11) is 0. The van der Waals surface area contributed by atoms with Gasteiger partial charge in [0.05, 0.1) is 0 Å². The molecule has 0 amide bonds. The average molecular weight is 181 g/mol. The Morgan fingerprint density at radius 3 is 2.33 bits per heavy atom. The van der Waals surface area contributed by atoms with Crippen molar-refractivity contribution in [2.24, 2.45) is 5.73 Å². The van der Waals surface area contributed by atoms with Crippen LogP contribution in [0.1, 0.15) is 13.8 Å². The molecule has 0 aromatic heterocycles. The highest BCUT2D eigenvalue weighted by molar-refractivity contribution is 7.99. The predicted molar refractivity (Wildman–Crippen MR) is 55.4 cm³/mol. The van der Waals surface area contributed by atoms with E-state index in [2.05, 4.69) is 12.1 Å². The summed E-state index contributed by atoms with van der Waals surface area (Å²) in [6.45, 7) is 4.09. The Hall–Kier alpha value is -0.470.